The standard InChI is InChI=1S/C12H18N2O2S/c1-14-10(2-6-13-14)3-7-17-9-12(4-5-12)8-11(15)16/h2,6H,3-5,7-9H2,1H3,(H,15,16). The highest BCUT2D eigenvalue weighted by Gasteiger charge is 2.43. The van der Waals surface area contributed by atoms with E-state index in [0.29, 0.717) is 6.42 Å². The molecule has 2 rings (SSSR count). The van der Waals surface area contributed by atoms with Crippen molar-refractivity contribution in [2.75, 3.05) is 11.5 Å². The predicted octanol–water partition coefficient (Wildman–Crippen LogP) is 1.95. The molecule has 1 aliphatic carbocycles. The number of carboxylic acids is 1. The zero-order valence-corrected chi connectivity index (χ0v) is 10.9. The van der Waals surface area contributed by atoms with Crippen LogP contribution < -0.4 is 0 Å². The van der Waals surface area contributed by atoms with Crippen LogP contribution in [0.2, 0.25) is 0 Å². The molecule has 0 aromatic carbocycles. The fourth-order valence-corrected chi connectivity index (χ4v) is 3.30. The molecular formula is C12H18N2O2S. The topological polar surface area (TPSA) is 55.1 Å². The molecule has 1 heterocycles. The second-order valence-corrected chi connectivity index (χ2v) is 5.92. The molecule has 17 heavy (non-hydrogen) atoms. The van der Waals surface area contributed by atoms with Gasteiger partial charge in [-0.3, -0.25) is 9.48 Å². The van der Waals surface area contributed by atoms with Gasteiger partial charge in [0, 0.05) is 18.9 Å². The number of hydrogen-bond acceptors (Lipinski definition) is 3. The van der Waals surface area contributed by atoms with Gasteiger partial charge in [0.1, 0.15) is 0 Å². The summed E-state index contributed by atoms with van der Waals surface area (Å²) in [6, 6.07) is 2.03. The van der Waals surface area contributed by atoms with Crippen molar-refractivity contribution in [1.82, 2.24) is 9.78 Å². The van der Waals surface area contributed by atoms with Gasteiger partial charge in [0.05, 0.1) is 6.42 Å². The van der Waals surface area contributed by atoms with Crippen LogP contribution in [-0.4, -0.2) is 32.4 Å². The Morgan fingerprint density at radius 3 is 2.94 bits per heavy atom. The molecule has 5 heteroatoms. The van der Waals surface area contributed by atoms with Crippen molar-refractivity contribution in [2.24, 2.45) is 12.5 Å². The van der Waals surface area contributed by atoms with E-state index in [0.717, 1.165) is 30.8 Å². The second kappa shape index (κ2) is 5.12. The lowest BCUT2D eigenvalue weighted by Crippen LogP contribution is -2.11. The predicted molar refractivity (Wildman–Crippen MR) is 68.2 cm³/mol. The van der Waals surface area contributed by atoms with Crippen LogP contribution in [0.5, 0.6) is 0 Å². The van der Waals surface area contributed by atoms with Crippen LogP contribution in [0.25, 0.3) is 0 Å². The number of hydrogen-bond donors (Lipinski definition) is 1. The van der Waals surface area contributed by atoms with Gasteiger partial charge in [0.15, 0.2) is 0 Å². The molecule has 0 unspecified atom stereocenters. The van der Waals surface area contributed by atoms with Crippen LogP contribution in [0.15, 0.2) is 12.3 Å². The SMILES string of the molecule is Cn1nccc1CCSCC1(CC(=O)O)CC1. The lowest BCUT2D eigenvalue weighted by molar-refractivity contribution is -0.138. The smallest absolute Gasteiger partial charge is 0.303 e. The van der Waals surface area contributed by atoms with Gasteiger partial charge in [-0.15, -0.1) is 0 Å². The van der Waals surface area contributed by atoms with Crippen molar-refractivity contribution in [3.63, 3.8) is 0 Å². The van der Waals surface area contributed by atoms with Crippen LogP contribution in [0.3, 0.4) is 0 Å². The van der Waals surface area contributed by atoms with Crippen LogP contribution >= 0.6 is 11.8 Å². The minimum absolute atomic E-state index is 0.114. The number of aromatic nitrogens is 2. The van der Waals surface area contributed by atoms with Gasteiger partial charge < -0.3 is 5.11 Å². The van der Waals surface area contributed by atoms with Crippen molar-refractivity contribution in [3.8, 4) is 0 Å². The number of nitrogens with zero attached hydrogens (tertiary/aromatic N) is 2. The number of aryl methyl sites for hydroxylation is 2. The normalized spacial score (nSPS) is 17.0. The number of carbonyl (C=O) groups is 1. The molecule has 1 aliphatic rings. The molecule has 1 aromatic heterocycles. The van der Waals surface area contributed by atoms with E-state index in [9.17, 15) is 4.79 Å². The van der Waals surface area contributed by atoms with Crippen molar-refractivity contribution < 1.29 is 9.90 Å². The summed E-state index contributed by atoms with van der Waals surface area (Å²) < 4.78 is 1.89. The van der Waals surface area contributed by atoms with Gasteiger partial charge in [0.2, 0.25) is 0 Å². The van der Waals surface area contributed by atoms with Gasteiger partial charge in [-0.25, -0.2) is 0 Å². The Hall–Kier alpha value is -0.970. The summed E-state index contributed by atoms with van der Waals surface area (Å²) in [6.45, 7) is 0. The van der Waals surface area contributed by atoms with Crippen molar-refractivity contribution >= 4 is 17.7 Å². The molecular weight excluding hydrogens is 236 g/mol. The van der Waals surface area contributed by atoms with Crippen LogP contribution in [0, 0.1) is 5.41 Å². The first-order valence-corrected chi connectivity index (χ1v) is 7.03. The number of aliphatic carboxylic acids is 1. The Labute approximate surface area is 105 Å². The highest BCUT2D eigenvalue weighted by Crippen LogP contribution is 2.50. The number of thioether (sulfide) groups is 1. The summed E-state index contributed by atoms with van der Waals surface area (Å²) in [4.78, 5) is 10.7. The summed E-state index contributed by atoms with van der Waals surface area (Å²) >= 11 is 1.87. The van der Waals surface area contributed by atoms with E-state index in [-0.39, 0.29) is 5.41 Å². The van der Waals surface area contributed by atoms with Crippen LogP contribution in [0.4, 0.5) is 0 Å². The van der Waals surface area contributed by atoms with E-state index in [2.05, 4.69) is 5.10 Å². The summed E-state index contributed by atoms with van der Waals surface area (Å²) in [5.74, 6) is 1.37. The Morgan fingerprint density at radius 1 is 1.65 bits per heavy atom. The quantitative estimate of drug-likeness (QED) is 0.756. The third-order valence-corrected chi connectivity index (χ3v) is 4.63. The number of carboxylic acid groups (broad SMARTS) is 1. The second-order valence-electron chi connectivity index (χ2n) is 4.82. The fourth-order valence-electron chi connectivity index (χ4n) is 1.98. The van der Waals surface area contributed by atoms with Gasteiger partial charge in [-0.1, -0.05) is 0 Å². The average Bonchev–Trinajstić information content (AvgIpc) is 2.88. The zero-order chi connectivity index (χ0) is 12.3. The zero-order valence-electron chi connectivity index (χ0n) is 10.1. The van der Waals surface area contributed by atoms with Crippen molar-refractivity contribution in [3.05, 3.63) is 18.0 Å². The molecule has 1 fully saturated rings. The minimum Gasteiger partial charge on any atom is -0.481 e. The van der Waals surface area contributed by atoms with E-state index in [4.69, 9.17) is 5.11 Å². The Bertz CT molecular complexity index is 399. The van der Waals surface area contributed by atoms with Crippen molar-refractivity contribution in [2.45, 2.75) is 25.7 Å². The van der Waals surface area contributed by atoms with Gasteiger partial charge in [-0.2, -0.15) is 16.9 Å². The fraction of sp³-hybridized carbons (Fsp3) is 0.667. The lowest BCUT2D eigenvalue weighted by atomic mass is 10.1. The Morgan fingerprint density at radius 2 is 2.41 bits per heavy atom. The average molecular weight is 254 g/mol. The van der Waals surface area contributed by atoms with E-state index in [1.54, 1.807) is 0 Å². The first-order valence-electron chi connectivity index (χ1n) is 5.88. The molecule has 4 nitrogen and oxygen atoms in total. The largest absolute Gasteiger partial charge is 0.481 e. The van der Waals surface area contributed by atoms with Gasteiger partial charge >= 0.3 is 5.97 Å². The van der Waals surface area contributed by atoms with Gasteiger partial charge in [-0.05, 0) is 42.2 Å². The molecule has 1 aromatic rings. The summed E-state index contributed by atoms with van der Waals surface area (Å²) in [7, 11) is 1.95. The first-order chi connectivity index (χ1) is 8.11. The highest BCUT2D eigenvalue weighted by atomic mass is 32.2. The third kappa shape index (κ3) is 3.49. The lowest BCUT2D eigenvalue weighted by Gasteiger charge is -2.11. The van der Waals surface area contributed by atoms with Crippen LogP contribution in [0.1, 0.15) is 25.0 Å². The summed E-state index contributed by atoms with van der Waals surface area (Å²) in [6.07, 6.45) is 5.32. The van der Waals surface area contributed by atoms with Crippen LogP contribution in [-0.2, 0) is 18.3 Å². The molecule has 0 saturated heterocycles. The molecule has 1 saturated carbocycles. The first kappa shape index (κ1) is 12.5. The van der Waals surface area contributed by atoms with E-state index >= 15 is 0 Å². The van der Waals surface area contributed by atoms with E-state index < -0.39 is 5.97 Å². The Balaban J connectivity index is 1.67. The molecule has 0 radical (unpaired) electrons. The maximum absolute atomic E-state index is 10.7. The maximum atomic E-state index is 10.7. The number of rotatable bonds is 7. The van der Waals surface area contributed by atoms with Crippen molar-refractivity contribution in [1.29, 1.82) is 0 Å². The molecule has 1 N–H and O–H groups in total. The molecule has 0 atom stereocenters. The monoisotopic (exact) mass is 254 g/mol. The Kier molecular flexibility index (Phi) is 3.76. The molecule has 0 amide bonds. The van der Waals surface area contributed by atoms with E-state index in [1.165, 1.54) is 5.69 Å². The highest BCUT2D eigenvalue weighted by molar-refractivity contribution is 7.99. The third-order valence-electron chi connectivity index (χ3n) is 3.32. The molecule has 94 valence electrons. The van der Waals surface area contributed by atoms with Gasteiger partial charge in [0.25, 0.3) is 0 Å². The molecule has 0 bridgehead atoms. The maximum Gasteiger partial charge on any atom is 0.303 e. The van der Waals surface area contributed by atoms with E-state index in [1.807, 2.05) is 35.8 Å². The summed E-state index contributed by atoms with van der Waals surface area (Å²) in [5.41, 5.74) is 1.35. The minimum atomic E-state index is -0.658. The molecule has 0 aliphatic heterocycles. The summed E-state index contributed by atoms with van der Waals surface area (Å²) in [5, 5.41) is 12.9. The molecule has 0 spiro atoms.